The number of urea groups is 1. The maximum Gasteiger partial charge on any atom is 0.326 e. The highest BCUT2D eigenvalue weighted by Gasteiger charge is 2.38. The smallest absolute Gasteiger partial charge is 0.326 e. The molecule has 1 saturated heterocycles. The first kappa shape index (κ1) is 15.3. The molecule has 6 heteroatoms. The summed E-state index contributed by atoms with van der Waals surface area (Å²) in [5, 5.41) is 21.4. The predicted molar refractivity (Wildman–Crippen MR) is 76.8 cm³/mol. The number of aliphatic hydroxyl groups is 1. The molecule has 0 bridgehead atoms. The lowest BCUT2D eigenvalue weighted by Gasteiger charge is -2.22. The first-order valence-corrected chi connectivity index (χ1v) is 7.05. The molecule has 0 saturated carbocycles. The number of nitrogens with zero attached hydrogens (tertiary/aromatic N) is 1. The molecule has 6 nitrogen and oxygen atoms in total. The summed E-state index contributed by atoms with van der Waals surface area (Å²) in [4.78, 5) is 24.4. The molecule has 1 aliphatic heterocycles. The largest absolute Gasteiger partial charge is 0.480 e. The highest BCUT2D eigenvalue weighted by molar-refractivity contribution is 5.83. The van der Waals surface area contributed by atoms with Gasteiger partial charge in [-0.15, -0.1) is 0 Å². The molecule has 1 heterocycles. The summed E-state index contributed by atoms with van der Waals surface area (Å²) in [6, 6.07) is 6.38. The Labute approximate surface area is 123 Å². The van der Waals surface area contributed by atoms with Gasteiger partial charge in [0.1, 0.15) is 6.04 Å². The van der Waals surface area contributed by atoms with E-state index in [1.54, 1.807) is 0 Å². The van der Waals surface area contributed by atoms with Crippen LogP contribution in [0.25, 0.3) is 0 Å². The topological polar surface area (TPSA) is 89.9 Å². The van der Waals surface area contributed by atoms with Crippen molar-refractivity contribution in [3.63, 3.8) is 0 Å². The number of β-amino-alcohol motifs (C(OH)–C–C–N with tert-alkyl or cyclic N) is 1. The number of nitrogens with one attached hydrogen (secondary N) is 1. The number of hydrogen-bond acceptors (Lipinski definition) is 3. The number of hydrogen-bond donors (Lipinski definition) is 3. The number of aryl methyl sites for hydroxylation is 1. The van der Waals surface area contributed by atoms with Crippen LogP contribution in [0.5, 0.6) is 0 Å². The second-order valence-corrected chi connectivity index (χ2v) is 5.18. The zero-order chi connectivity index (χ0) is 15.4. The Morgan fingerprint density at radius 2 is 2.00 bits per heavy atom. The Bertz CT molecular complexity index is 532. The number of aliphatic hydroxyl groups excluding tert-OH is 1. The van der Waals surface area contributed by atoms with Crippen molar-refractivity contribution in [2.75, 3.05) is 6.54 Å². The molecule has 2 amide bonds. The van der Waals surface area contributed by atoms with Crippen LogP contribution in [0.4, 0.5) is 4.79 Å². The van der Waals surface area contributed by atoms with E-state index in [-0.39, 0.29) is 13.0 Å². The van der Waals surface area contributed by atoms with E-state index in [0.29, 0.717) is 6.54 Å². The van der Waals surface area contributed by atoms with Gasteiger partial charge in [0.2, 0.25) is 0 Å². The minimum Gasteiger partial charge on any atom is -0.480 e. The zero-order valence-electron chi connectivity index (χ0n) is 12.0. The van der Waals surface area contributed by atoms with Gasteiger partial charge in [0.05, 0.1) is 6.10 Å². The van der Waals surface area contributed by atoms with E-state index in [1.165, 1.54) is 4.90 Å². The van der Waals surface area contributed by atoms with Crippen LogP contribution in [0.1, 0.15) is 24.5 Å². The van der Waals surface area contributed by atoms with Crippen LogP contribution < -0.4 is 5.32 Å². The fraction of sp³-hybridized carbons (Fsp3) is 0.467. The molecule has 114 valence electrons. The lowest BCUT2D eigenvalue weighted by molar-refractivity contribution is -0.141. The average Bonchev–Trinajstić information content (AvgIpc) is 2.87. The molecule has 0 aromatic heterocycles. The number of benzene rings is 1. The second kappa shape index (κ2) is 6.58. The van der Waals surface area contributed by atoms with Gasteiger partial charge < -0.3 is 20.4 Å². The Kier molecular flexibility index (Phi) is 4.80. The molecule has 1 aromatic carbocycles. The first-order valence-electron chi connectivity index (χ1n) is 7.05. The Morgan fingerprint density at radius 1 is 1.33 bits per heavy atom. The number of carbonyl (C=O) groups is 2. The van der Waals surface area contributed by atoms with Crippen LogP contribution in [-0.4, -0.2) is 45.8 Å². The van der Waals surface area contributed by atoms with Crippen molar-refractivity contribution in [2.45, 2.75) is 38.5 Å². The van der Waals surface area contributed by atoms with Gasteiger partial charge >= 0.3 is 12.0 Å². The summed E-state index contributed by atoms with van der Waals surface area (Å²) >= 11 is 0. The minimum absolute atomic E-state index is 0.0538. The van der Waals surface area contributed by atoms with Crippen molar-refractivity contribution in [1.82, 2.24) is 10.2 Å². The van der Waals surface area contributed by atoms with Crippen molar-refractivity contribution in [2.24, 2.45) is 0 Å². The van der Waals surface area contributed by atoms with Crippen molar-refractivity contribution in [3.8, 4) is 0 Å². The van der Waals surface area contributed by atoms with Crippen LogP contribution >= 0.6 is 0 Å². The number of aliphatic carboxylic acids is 1. The maximum atomic E-state index is 12.1. The summed E-state index contributed by atoms with van der Waals surface area (Å²) in [5.74, 6) is -1.09. The highest BCUT2D eigenvalue weighted by Crippen LogP contribution is 2.18. The minimum atomic E-state index is -1.09. The molecule has 2 atom stereocenters. The van der Waals surface area contributed by atoms with E-state index in [4.69, 9.17) is 5.11 Å². The van der Waals surface area contributed by atoms with Crippen LogP contribution in [0.15, 0.2) is 24.3 Å². The summed E-state index contributed by atoms with van der Waals surface area (Å²) in [6.45, 7) is 2.44. The van der Waals surface area contributed by atoms with Crippen LogP contribution in [-0.2, 0) is 17.8 Å². The van der Waals surface area contributed by atoms with Crippen molar-refractivity contribution in [3.05, 3.63) is 35.4 Å². The highest BCUT2D eigenvalue weighted by atomic mass is 16.4. The molecule has 21 heavy (non-hydrogen) atoms. The Hall–Kier alpha value is -2.08. The normalized spacial score (nSPS) is 21.3. The third-order valence-corrected chi connectivity index (χ3v) is 3.75. The SMILES string of the molecule is CCc1ccccc1CNC(=O)N1C[C@H](O)C[C@@H]1C(=O)O. The molecule has 0 spiro atoms. The molecule has 0 unspecified atom stereocenters. The number of amides is 2. The maximum absolute atomic E-state index is 12.1. The van der Waals surface area contributed by atoms with Gasteiger partial charge in [-0.05, 0) is 17.5 Å². The number of carboxylic acids is 1. The van der Waals surface area contributed by atoms with E-state index in [2.05, 4.69) is 5.32 Å². The summed E-state index contributed by atoms with van der Waals surface area (Å²) in [7, 11) is 0. The van der Waals surface area contributed by atoms with Crippen LogP contribution in [0, 0.1) is 0 Å². The van der Waals surface area contributed by atoms with Crippen molar-refractivity contribution < 1.29 is 19.8 Å². The molecule has 1 fully saturated rings. The lowest BCUT2D eigenvalue weighted by atomic mass is 10.1. The number of likely N-dealkylation sites (tertiary alicyclic amines) is 1. The molecular formula is C15H20N2O4. The second-order valence-electron chi connectivity index (χ2n) is 5.18. The molecule has 1 aliphatic rings. The van der Waals surface area contributed by atoms with Gasteiger partial charge in [-0.3, -0.25) is 0 Å². The Balaban J connectivity index is 2.00. The quantitative estimate of drug-likeness (QED) is 0.771. The third-order valence-electron chi connectivity index (χ3n) is 3.75. The van der Waals surface area contributed by atoms with Gasteiger partial charge in [-0.2, -0.15) is 0 Å². The number of carboxylic acid groups (broad SMARTS) is 1. The summed E-state index contributed by atoms with van der Waals surface area (Å²) < 4.78 is 0. The van der Waals surface area contributed by atoms with Gasteiger partial charge in [0.25, 0.3) is 0 Å². The average molecular weight is 292 g/mol. The third kappa shape index (κ3) is 3.52. The van der Waals surface area contributed by atoms with E-state index in [9.17, 15) is 14.7 Å². The molecule has 0 radical (unpaired) electrons. The zero-order valence-corrected chi connectivity index (χ0v) is 12.0. The molecule has 0 aliphatic carbocycles. The number of rotatable bonds is 4. The van der Waals surface area contributed by atoms with E-state index in [1.807, 2.05) is 31.2 Å². The fourth-order valence-electron chi connectivity index (χ4n) is 2.62. The van der Waals surface area contributed by atoms with Gasteiger partial charge in [0.15, 0.2) is 0 Å². The summed E-state index contributed by atoms with van der Waals surface area (Å²) in [6.07, 6.45) is 0.167. The van der Waals surface area contributed by atoms with Gasteiger partial charge in [0, 0.05) is 19.5 Å². The first-order chi connectivity index (χ1) is 10.0. The fourth-order valence-corrected chi connectivity index (χ4v) is 2.62. The van der Waals surface area contributed by atoms with E-state index in [0.717, 1.165) is 17.5 Å². The van der Waals surface area contributed by atoms with E-state index < -0.39 is 24.1 Å². The summed E-state index contributed by atoms with van der Waals surface area (Å²) in [5.41, 5.74) is 2.16. The molecular weight excluding hydrogens is 272 g/mol. The Morgan fingerprint density at radius 3 is 2.62 bits per heavy atom. The molecule has 2 rings (SSSR count). The van der Waals surface area contributed by atoms with Crippen molar-refractivity contribution >= 4 is 12.0 Å². The van der Waals surface area contributed by atoms with Gasteiger partial charge in [-0.1, -0.05) is 31.2 Å². The van der Waals surface area contributed by atoms with Crippen molar-refractivity contribution in [1.29, 1.82) is 0 Å². The van der Waals surface area contributed by atoms with Crippen LogP contribution in [0.2, 0.25) is 0 Å². The van der Waals surface area contributed by atoms with Gasteiger partial charge in [-0.25, -0.2) is 9.59 Å². The van der Waals surface area contributed by atoms with Crippen LogP contribution in [0.3, 0.4) is 0 Å². The molecule has 1 aromatic rings. The monoisotopic (exact) mass is 292 g/mol. The van der Waals surface area contributed by atoms with E-state index >= 15 is 0 Å². The standard InChI is InChI=1S/C15H20N2O4/c1-2-10-5-3-4-6-11(10)8-16-15(21)17-9-12(18)7-13(17)14(19)20/h3-6,12-13,18H,2,7-9H2,1H3,(H,16,21)(H,19,20)/t12-,13-/m1/s1. The molecule has 3 N–H and O–H groups in total. The predicted octanol–water partition coefficient (Wildman–Crippen LogP) is 0.978. The lowest BCUT2D eigenvalue weighted by Crippen LogP contribution is -2.46. The number of carbonyl (C=O) groups excluding carboxylic acids is 1.